The monoisotopic (exact) mass is 642 g/mol. The maximum atomic E-state index is 13.9. The van der Waals surface area contributed by atoms with Crippen LogP contribution in [0.5, 0.6) is 5.88 Å². The molecule has 1 unspecified atom stereocenters. The summed E-state index contributed by atoms with van der Waals surface area (Å²) < 4.78 is 48.8. The number of carbonyl (C=O) groups is 1. The summed E-state index contributed by atoms with van der Waals surface area (Å²) in [5, 5.41) is 17.8. The van der Waals surface area contributed by atoms with Crippen molar-refractivity contribution in [3.63, 3.8) is 0 Å². The average Bonchev–Trinajstić information content (AvgIpc) is 3.51. The molecule has 2 fully saturated rings. The highest BCUT2D eigenvalue weighted by Gasteiger charge is 2.55. The fraction of sp³-hybridized carbons (Fsp3) is 0.750. The van der Waals surface area contributed by atoms with E-state index < -0.39 is 50.3 Å². The first-order valence-electron chi connectivity index (χ1n) is 14.2. The van der Waals surface area contributed by atoms with Crippen LogP contribution >= 0.6 is 7.75 Å². The van der Waals surface area contributed by atoms with Crippen LogP contribution in [0, 0.1) is 0 Å². The summed E-state index contributed by atoms with van der Waals surface area (Å²) in [4.78, 5) is 29.9. The number of hydrogen-bond acceptors (Lipinski definition) is 15. The Morgan fingerprint density at radius 2 is 2.09 bits per heavy atom. The zero-order valence-corrected chi connectivity index (χ0v) is 26.0. The number of imidazole rings is 1. The first-order chi connectivity index (χ1) is 21.0. The third-order valence-corrected chi connectivity index (χ3v) is 8.84. The van der Waals surface area contributed by atoms with Gasteiger partial charge in [-0.15, -0.1) is 0 Å². The molecular formula is C24H39N10O9P. The lowest BCUT2D eigenvalue weighted by Gasteiger charge is -2.28. The van der Waals surface area contributed by atoms with Crippen molar-refractivity contribution in [2.45, 2.75) is 57.7 Å². The zero-order valence-electron chi connectivity index (χ0n) is 25.1. The van der Waals surface area contributed by atoms with Crippen LogP contribution in [-0.4, -0.2) is 119 Å². The van der Waals surface area contributed by atoms with Crippen LogP contribution in [0.25, 0.3) is 21.6 Å². The number of fused-ring (bicyclic) bond motifs is 1. The second-order valence-corrected chi connectivity index (χ2v) is 12.0. The van der Waals surface area contributed by atoms with Gasteiger partial charge >= 0.3 is 13.7 Å². The normalized spacial score (nSPS) is 26.2. The Bertz CT molecular complexity index is 1390. The number of morpholine rings is 1. The fourth-order valence-electron chi connectivity index (χ4n) is 4.85. The van der Waals surface area contributed by atoms with Crippen molar-refractivity contribution >= 4 is 30.8 Å². The predicted octanol–water partition coefficient (Wildman–Crippen LogP) is 1.15. The van der Waals surface area contributed by atoms with E-state index in [0.29, 0.717) is 39.5 Å². The Balaban J connectivity index is 1.55. The van der Waals surface area contributed by atoms with Crippen molar-refractivity contribution in [1.29, 1.82) is 0 Å². The van der Waals surface area contributed by atoms with Crippen molar-refractivity contribution in [3.05, 3.63) is 16.8 Å². The molecule has 2 aromatic rings. The molecule has 0 aromatic carbocycles. The van der Waals surface area contributed by atoms with E-state index in [4.69, 9.17) is 33.7 Å². The third-order valence-electron chi connectivity index (χ3n) is 7.13. The van der Waals surface area contributed by atoms with Crippen LogP contribution in [0.2, 0.25) is 0 Å². The summed E-state index contributed by atoms with van der Waals surface area (Å²) in [5.41, 5.74) is 14.2. The molecule has 0 radical (unpaired) electrons. The average molecular weight is 643 g/mol. The van der Waals surface area contributed by atoms with E-state index in [1.165, 1.54) is 24.7 Å². The van der Waals surface area contributed by atoms with Gasteiger partial charge in [0.2, 0.25) is 11.8 Å². The number of hydrogen-bond donors (Lipinski definition) is 3. The van der Waals surface area contributed by atoms with Crippen molar-refractivity contribution in [3.8, 4) is 5.88 Å². The zero-order chi connectivity index (χ0) is 31.9. The molecule has 2 aliphatic rings. The van der Waals surface area contributed by atoms with Gasteiger partial charge in [-0.25, -0.2) is 14.6 Å². The van der Waals surface area contributed by atoms with Crippen molar-refractivity contribution in [2.75, 3.05) is 65.0 Å². The molecule has 4 rings (SSSR count). The summed E-state index contributed by atoms with van der Waals surface area (Å²) in [5.74, 6) is -0.598. The van der Waals surface area contributed by atoms with Crippen LogP contribution in [0.1, 0.15) is 33.9 Å². The number of rotatable bonds is 15. The first-order valence-corrected chi connectivity index (χ1v) is 15.8. The van der Waals surface area contributed by atoms with Crippen LogP contribution < -0.4 is 15.6 Å². The minimum absolute atomic E-state index is 0.0112. The third kappa shape index (κ3) is 7.56. The van der Waals surface area contributed by atoms with Gasteiger partial charge in [-0.3, -0.25) is 23.3 Å². The van der Waals surface area contributed by atoms with Gasteiger partial charge in [0.05, 0.1) is 52.1 Å². The smallest absolute Gasteiger partial charge is 0.406 e. The maximum absolute atomic E-state index is 13.9. The van der Waals surface area contributed by atoms with E-state index >= 15 is 0 Å². The predicted molar refractivity (Wildman–Crippen MR) is 154 cm³/mol. The van der Waals surface area contributed by atoms with Gasteiger partial charge in [0.25, 0.3) is 0 Å². The first kappa shape index (κ1) is 33.8. The van der Waals surface area contributed by atoms with Gasteiger partial charge in [-0.05, 0) is 33.2 Å². The number of aromatic nitrogens is 4. The number of carbonyl (C=O) groups excluding carboxylic acids is 1. The number of ether oxygens (including phenoxy) is 4. The van der Waals surface area contributed by atoms with E-state index in [-0.39, 0.29) is 36.2 Å². The summed E-state index contributed by atoms with van der Waals surface area (Å²) >= 11 is 0. The number of esters is 1. The second kappa shape index (κ2) is 14.8. The summed E-state index contributed by atoms with van der Waals surface area (Å²) in [6.07, 6.45) is -2.40. The van der Waals surface area contributed by atoms with Gasteiger partial charge < -0.3 is 29.8 Å². The quantitative estimate of drug-likeness (QED) is 0.0811. The molecule has 0 aliphatic carbocycles. The Morgan fingerprint density at radius 3 is 2.77 bits per heavy atom. The van der Waals surface area contributed by atoms with Crippen LogP contribution in [0.15, 0.2) is 11.4 Å². The minimum atomic E-state index is -4.17. The summed E-state index contributed by atoms with van der Waals surface area (Å²) in [6, 6.07) is -1.04. The number of aliphatic hydroxyl groups excluding tert-OH is 1. The maximum Gasteiger partial charge on any atom is 0.406 e. The topological polar surface area (TPSA) is 243 Å². The molecule has 44 heavy (non-hydrogen) atoms. The molecule has 19 nitrogen and oxygen atoms in total. The molecule has 2 aromatic heterocycles. The van der Waals surface area contributed by atoms with Gasteiger partial charge in [0.15, 0.2) is 17.4 Å². The van der Waals surface area contributed by atoms with E-state index in [1.807, 2.05) is 0 Å². The molecule has 4 heterocycles. The summed E-state index contributed by atoms with van der Waals surface area (Å²) in [6.45, 7) is 9.30. The van der Waals surface area contributed by atoms with E-state index in [1.54, 1.807) is 13.8 Å². The lowest BCUT2D eigenvalue weighted by atomic mass is 9.93. The highest BCUT2D eigenvalue weighted by molar-refractivity contribution is 7.51. The number of nitrogens with zero attached hydrogens (tertiary/aromatic N) is 8. The standard InChI is InChI=1S/C24H39N10O9P/c1-5-39-20-17-19(28-23(25)29-20)34(14-27-17)22-24(4,31-32-26)18(35)16(43-22)13-42-44(37,30-15(3)21(36)40-6-2)41-12-9-33-7-10-38-11-8-33/h14-16,18,22,35H,5-13H2,1-4H3,(H,30,37)(H2,25,28,29)/t15-,16+,18+,22+,24+,44?/m0/s1. The Morgan fingerprint density at radius 1 is 1.34 bits per heavy atom. The largest absolute Gasteiger partial charge is 0.476 e. The van der Waals surface area contributed by atoms with Crippen molar-refractivity contribution in [2.24, 2.45) is 5.11 Å². The number of azide groups is 1. The molecule has 0 spiro atoms. The van der Waals surface area contributed by atoms with Crippen LogP contribution in [0.3, 0.4) is 0 Å². The fourth-order valence-corrected chi connectivity index (χ4v) is 6.32. The number of anilines is 1. The molecule has 0 amide bonds. The van der Waals surface area contributed by atoms with Crippen molar-refractivity contribution < 1.29 is 42.5 Å². The second-order valence-electron chi connectivity index (χ2n) is 10.2. The highest BCUT2D eigenvalue weighted by Crippen LogP contribution is 2.48. The lowest BCUT2D eigenvalue weighted by Crippen LogP contribution is -2.43. The van der Waals surface area contributed by atoms with Crippen LogP contribution in [-0.2, 0) is 32.6 Å². The lowest BCUT2D eigenvalue weighted by molar-refractivity contribution is -0.144. The van der Waals surface area contributed by atoms with E-state index in [0.717, 1.165) is 0 Å². The number of nitrogens with one attached hydrogen (secondary N) is 1. The molecule has 20 heteroatoms. The molecule has 4 N–H and O–H groups in total. The van der Waals surface area contributed by atoms with E-state index in [9.17, 15) is 20.0 Å². The van der Waals surface area contributed by atoms with Gasteiger partial charge in [0, 0.05) is 24.5 Å². The Labute approximate surface area is 253 Å². The van der Waals surface area contributed by atoms with E-state index in [2.05, 4.69) is 35.0 Å². The molecular weight excluding hydrogens is 603 g/mol. The minimum Gasteiger partial charge on any atom is -0.476 e. The van der Waals surface area contributed by atoms with Gasteiger partial charge in [-0.1, -0.05) is 5.11 Å². The number of aliphatic hydroxyl groups is 1. The van der Waals surface area contributed by atoms with Crippen molar-refractivity contribution in [1.82, 2.24) is 29.5 Å². The molecule has 6 atom stereocenters. The molecule has 244 valence electrons. The Kier molecular flexibility index (Phi) is 11.3. The SMILES string of the molecule is CCOC(=O)[C@H](C)NP(=O)(OCCN1CCOCC1)OC[C@H]1O[C@@H](n2cnc3c(OCC)nc(N)nc32)[C@](C)(N=[N+]=[N-])[C@@H]1O. The Hall–Kier alpha value is -3.12. The molecule has 0 saturated carbocycles. The number of nitrogens with two attached hydrogens (primary N) is 1. The number of nitrogen functional groups attached to an aromatic ring is 1. The summed E-state index contributed by atoms with van der Waals surface area (Å²) in [7, 11) is -4.17. The molecule has 2 saturated heterocycles. The van der Waals surface area contributed by atoms with Gasteiger partial charge in [-0.2, -0.15) is 9.97 Å². The van der Waals surface area contributed by atoms with Gasteiger partial charge in [0.1, 0.15) is 17.7 Å². The molecule has 2 aliphatic heterocycles. The molecule has 0 bridgehead atoms. The van der Waals surface area contributed by atoms with Crippen LogP contribution in [0.4, 0.5) is 5.95 Å². The highest BCUT2D eigenvalue weighted by atomic mass is 31.2.